The van der Waals surface area contributed by atoms with Crippen molar-refractivity contribution in [3.05, 3.63) is 30.1 Å². The summed E-state index contributed by atoms with van der Waals surface area (Å²) in [5.74, 6) is -0.576. The van der Waals surface area contributed by atoms with Crippen LogP contribution >= 0.6 is 11.8 Å². The lowest BCUT2D eigenvalue weighted by Crippen LogP contribution is -2.34. The number of nitrogens with one attached hydrogen (secondary N) is 2. The molecule has 0 saturated carbocycles. The number of hydrogen-bond donors (Lipinski definition) is 2. The molecule has 0 aliphatic heterocycles. The Labute approximate surface area is 122 Å². The highest BCUT2D eigenvalue weighted by Gasteiger charge is 2.13. The molecule has 0 unspecified atom stereocenters. The Morgan fingerprint density at radius 3 is 2.30 bits per heavy atom. The molecule has 0 saturated heterocycles. The van der Waals surface area contributed by atoms with E-state index >= 15 is 0 Å². The van der Waals surface area contributed by atoms with Crippen LogP contribution in [0.4, 0.5) is 10.1 Å². The van der Waals surface area contributed by atoms with Crippen LogP contribution in [-0.4, -0.2) is 28.9 Å². The molecule has 1 aromatic carbocycles. The van der Waals surface area contributed by atoms with Crippen molar-refractivity contribution >= 4 is 29.3 Å². The summed E-state index contributed by atoms with van der Waals surface area (Å²) >= 11 is 1.51. The van der Waals surface area contributed by atoms with Gasteiger partial charge in [-0.3, -0.25) is 9.59 Å². The molecule has 0 aliphatic carbocycles. The van der Waals surface area contributed by atoms with E-state index in [0.29, 0.717) is 11.4 Å². The fourth-order valence-electron chi connectivity index (χ4n) is 1.25. The van der Waals surface area contributed by atoms with Gasteiger partial charge in [-0.1, -0.05) is 20.8 Å². The van der Waals surface area contributed by atoms with Crippen LogP contribution in [0.1, 0.15) is 20.8 Å². The third-order valence-corrected chi connectivity index (χ3v) is 3.48. The zero-order valence-electron chi connectivity index (χ0n) is 11.8. The van der Waals surface area contributed by atoms with E-state index in [1.807, 2.05) is 20.8 Å². The zero-order chi connectivity index (χ0) is 15.2. The highest BCUT2D eigenvalue weighted by Crippen LogP contribution is 2.22. The zero-order valence-corrected chi connectivity index (χ0v) is 12.6. The molecule has 0 radical (unpaired) electrons. The highest BCUT2D eigenvalue weighted by atomic mass is 32.2. The van der Waals surface area contributed by atoms with Gasteiger partial charge in [0.25, 0.3) is 0 Å². The van der Waals surface area contributed by atoms with Gasteiger partial charge in [0.2, 0.25) is 11.8 Å². The molecule has 0 aliphatic rings. The van der Waals surface area contributed by atoms with Crippen molar-refractivity contribution in [2.45, 2.75) is 25.5 Å². The Morgan fingerprint density at radius 2 is 1.75 bits per heavy atom. The molecule has 1 rings (SSSR count). The molecular weight excluding hydrogens is 279 g/mol. The molecule has 0 spiro atoms. The summed E-state index contributed by atoms with van der Waals surface area (Å²) in [7, 11) is 0. The van der Waals surface area contributed by atoms with Crippen LogP contribution in [0.3, 0.4) is 0 Å². The summed E-state index contributed by atoms with van der Waals surface area (Å²) < 4.78 is 12.7. The van der Waals surface area contributed by atoms with Crippen molar-refractivity contribution in [1.29, 1.82) is 0 Å². The topological polar surface area (TPSA) is 58.2 Å². The van der Waals surface area contributed by atoms with Gasteiger partial charge in [-0.15, -0.1) is 11.8 Å². The minimum absolute atomic E-state index is 0.00765. The number of amides is 2. The average molecular weight is 298 g/mol. The largest absolute Gasteiger partial charge is 0.346 e. The van der Waals surface area contributed by atoms with Gasteiger partial charge in [-0.2, -0.15) is 0 Å². The Bertz CT molecular complexity index is 469. The van der Waals surface area contributed by atoms with E-state index in [1.54, 1.807) is 0 Å². The summed E-state index contributed by atoms with van der Waals surface area (Å²) in [5, 5.41) is 5.11. The molecule has 0 fully saturated rings. The lowest BCUT2D eigenvalue weighted by atomic mass is 10.3. The maximum atomic E-state index is 12.7. The Hall–Kier alpha value is -1.56. The summed E-state index contributed by atoms with van der Waals surface area (Å²) in [6, 6.07) is 5.44. The normalized spacial score (nSPS) is 11.0. The summed E-state index contributed by atoms with van der Waals surface area (Å²) in [6.45, 7) is 5.96. The van der Waals surface area contributed by atoms with Crippen LogP contribution in [0, 0.1) is 5.82 Å². The van der Waals surface area contributed by atoms with Gasteiger partial charge in [0, 0.05) is 10.4 Å². The molecular formula is C14H19FN2O2S. The standard InChI is InChI=1S/C14H19FN2O2S/c1-14(2,3)20-9-13(19)16-8-12(18)17-11-6-4-10(15)5-7-11/h4-7H,8-9H2,1-3H3,(H,16,19)(H,17,18). The van der Waals surface area contributed by atoms with Crippen LogP contribution in [0.5, 0.6) is 0 Å². The van der Waals surface area contributed by atoms with Gasteiger partial charge in [0.1, 0.15) is 5.82 Å². The fraction of sp³-hybridized carbons (Fsp3) is 0.429. The van der Waals surface area contributed by atoms with Crippen LogP contribution in [0.2, 0.25) is 0 Å². The van der Waals surface area contributed by atoms with E-state index < -0.39 is 0 Å². The van der Waals surface area contributed by atoms with Crippen molar-refractivity contribution < 1.29 is 14.0 Å². The summed E-state index contributed by atoms with van der Waals surface area (Å²) in [6.07, 6.45) is 0. The van der Waals surface area contributed by atoms with Gasteiger partial charge in [-0.25, -0.2) is 4.39 Å². The van der Waals surface area contributed by atoms with E-state index in [4.69, 9.17) is 0 Å². The van der Waals surface area contributed by atoms with E-state index in [1.165, 1.54) is 36.0 Å². The molecule has 20 heavy (non-hydrogen) atoms. The smallest absolute Gasteiger partial charge is 0.243 e. The van der Waals surface area contributed by atoms with E-state index in [9.17, 15) is 14.0 Å². The number of thioether (sulfide) groups is 1. The quantitative estimate of drug-likeness (QED) is 0.877. The van der Waals surface area contributed by atoms with Gasteiger partial charge < -0.3 is 10.6 Å². The Balaban J connectivity index is 2.29. The number of benzene rings is 1. The van der Waals surface area contributed by atoms with Crippen molar-refractivity contribution in [1.82, 2.24) is 5.32 Å². The number of anilines is 1. The molecule has 2 amide bonds. The second-order valence-corrected chi connectivity index (χ2v) is 7.03. The molecule has 1 aromatic rings. The molecule has 110 valence electrons. The summed E-state index contributed by atoms with van der Waals surface area (Å²) in [5.41, 5.74) is 0.495. The van der Waals surface area contributed by atoms with Gasteiger partial charge in [0.05, 0.1) is 12.3 Å². The molecule has 0 atom stereocenters. The SMILES string of the molecule is CC(C)(C)SCC(=O)NCC(=O)Nc1ccc(F)cc1. The van der Waals surface area contributed by atoms with E-state index in [-0.39, 0.29) is 28.9 Å². The molecule has 2 N–H and O–H groups in total. The number of carbonyl (C=O) groups is 2. The monoisotopic (exact) mass is 298 g/mol. The lowest BCUT2D eigenvalue weighted by molar-refractivity contribution is -0.122. The maximum Gasteiger partial charge on any atom is 0.243 e. The van der Waals surface area contributed by atoms with Crippen LogP contribution in [0.15, 0.2) is 24.3 Å². The first-order valence-corrected chi connectivity index (χ1v) is 7.21. The third-order valence-electron chi connectivity index (χ3n) is 2.21. The number of rotatable bonds is 5. The number of carbonyl (C=O) groups excluding carboxylic acids is 2. The first kappa shape index (κ1) is 16.5. The van der Waals surface area contributed by atoms with Crippen molar-refractivity contribution in [2.75, 3.05) is 17.6 Å². The molecule has 6 heteroatoms. The van der Waals surface area contributed by atoms with Crippen LogP contribution in [0.25, 0.3) is 0 Å². The maximum absolute atomic E-state index is 12.7. The molecule has 0 bridgehead atoms. The molecule has 4 nitrogen and oxygen atoms in total. The number of halogens is 1. The minimum atomic E-state index is -0.365. The highest BCUT2D eigenvalue weighted by molar-refractivity contribution is 8.01. The van der Waals surface area contributed by atoms with Gasteiger partial charge in [0.15, 0.2) is 0 Å². The van der Waals surface area contributed by atoms with Crippen molar-refractivity contribution in [2.24, 2.45) is 0 Å². The average Bonchev–Trinajstić information content (AvgIpc) is 2.36. The first-order valence-electron chi connectivity index (χ1n) is 6.22. The number of hydrogen-bond acceptors (Lipinski definition) is 3. The molecule has 0 aromatic heterocycles. The lowest BCUT2D eigenvalue weighted by Gasteiger charge is -2.16. The van der Waals surface area contributed by atoms with Gasteiger partial charge >= 0.3 is 0 Å². The predicted molar refractivity (Wildman–Crippen MR) is 80.3 cm³/mol. The predicted octanol–water partition coefficient (Wildman–Crippen LogP) is 2.41. The Morgan fingerprint density at radius 1 is 1.15 bits per heavy atom. The van der Waals surface area contributed by atoms with E-state index in [0.717, 1.165) is 0 Å². The van der Waals surface area contributed by atoms with E-state index in [2.05, 4.69) is 10.6 Å². The third kappa shape index (κ3) is 7.13. The van der Waals surface area contributed by atoms with Gasteiger partial charge in [-0.05, 0) is 24.3 Å². The summed E-state index contributed by atoms with van der Waals surface area (Å²) in [4.78, 5) is 23.1. The fourth-order valence-corrected chi connectivity index (χ4v) is 1.92. The molecule has 0 heterocycles. The Kier molecular flexibility index (Phi) is 6.01. The van der Waals surface area contributed by atoms with Crippen molar-refractivity contribution in [3.63, 3.8) is 0 Å². The van der Waals surface area contributed by atoms with Crippen molar-refractivity contribution in [3.8, 4) is 0 Å². The minimum Gasteiger partial charge on any atom is -0.346 e. The van der Waals surface area contributed by atoms with Crippen LogP contribution in [-0.2, 0) is 9.59 Å². The van der Waals surface area contributed by atoms with Crippen LogP contribution < -0.4 is 10.6 Å². The first-order chi connectivity index (χ1) is 9.26. The second kappa shape index (κ2) is 7.28. The second-order valence-electron chi connectivity index (χ2n) is 5.23.